The zero-order valence-corrected chi connectivity index (χ0v) is 11.7. The molecule has 1 atom stereocenters. The molecule has 1 aromatic carbocycles. The molecule has 0 bridgehead atoms. The maximum Gasteiger partial charge on any atom is 0.222 e. The van der Waals surface area contributed by atoms with Crippen molar-refractivity contribution in [1.82, 2.24) is 4.98 Å². The van der Waals surface area contributed by atoms with Crippen LogP contribution < -0.4 is 10.6 Å². The number of anilines is 1. The third-order valence-corrected chi connectivity index (χ3v) is 4.04. The van der Waals surface area contributed by atoms with Crippen LogP contribution in [0.25, 0.3) is 10.9 Å². The van der Waals surface area contributed by atoms with Gasteiger partial charge in [-0.05, 0) is 38.0 Å². The summed E-state index contributed by atoms with van der Waals surface area (Å²) >= 11 is 0. The summed E-state index contributed by atoms with van der Waals surface area (Å²) in [6, 6.07) is 8.31. The minimum absolute atomic E-state index is 0.0447. The number of aryl methyl sites for hydroxylation is 1. The quantitative estimate of drug-likeness (QED) is 0.909. The van der Waals surface area contributed by atoms with E-state index in [4.69, 9.17) is 5.73 Å². The van der Waals surface area contributed by atoms with E-state index in [1.807, 2.05) is 18.3 Å². The summed E-state index contributed by atoms with van der Waals surface area (Å²) in [5.41, 5.74) is 8.84. The summed E-state index contributed by atoms with van der Waals surface area (Å²) in [5.74, 6) is -0.235. The van der Waals surface area contributed by atoms with Crippen molar-refractivity contribution >= 4 is 22.5 Å². The number of amides is 1. The molecule has 0 spiro atoms. The standard InChI is InChI=1S/C16H19N3O/c1-11-4-5-14-13(9-11)15(6-7-18-14)19-8-2-3-12(10-19)16(17)20/h4-7,9,12H,2-3,8,10H2,1H3,(H2,17,20). The lowest BCUT2D eigenvalue weighted by molar-refractivity contribution is -0.122. The molecule has 1 unspecified atom stereocenters. The van der Waals surface area contributed by atoms with Crippen molar-refractivity contribution in [3.63, 3.8) is 0 Å². The molecule has 1 aliphatic heterocycles. The first-order chi connectivity index (χ1) is 9.65. The van der Waals surface area contributed by atoms with Crippen LogP contribution in [-0.4, -0.2) is 24.0 Å². The van der Waals surface area contributed by atoms with E-state index in [0.29, 0.717) is 6.54 Å². The first-order valence-electron chi connectivity index (χ1n) is 7.05. The second kappa shape index (κ2) is 5.12. The predicted molar refractivity (Wildman–Crippen MR) is 80.6 cm³/mol. The molecule has 2 N–H and O–H groups in total. The van der Waals surface area contributed by atoms with Gasteiger partial charge in [0.2, 0.25) is 5.91 Å². The molecule has 20 heavy (non-hydrogen) atoms. The van der Waals surface area contributed by atoms with Gasteiger partial charge in [0.25, 0.3) is 0 Å². The van der Waals surface area contributed by atoms with E-state index in [2.05, 4.69) is 28.9 Å². The highest BCUT2D eigenvalue weighted by Gasteiger charge is 2.25. The van der Waals surface area contributed by atoms with Crippen molar-refractivity contribution in [1.29, 1.82) is 0 Å². The maximum absolute atomic E-state index is 11.4. The first-order valence-corrected chi connectivity index (χ1v) is 7.05. The van der Waals surface area contributed by atoms with E-state index in [9.17, 15) is 4.79 Å². The van der Waals surface area contributed by atoms with Gasteiger partial charge < -0.3 is 10.6 Å². The van der Waals surface area contributed by atoms with Crippen LogP contribution in [0, 0.1) is 12.8 Å². The molecule has 104 valence electrons. The highest BCUT2D eigenvalue weighted by atomic mass is 16.1. The largest absolute Gasteiger partial charge is 0.370 e. The monoisotopic (exact) mass is 269 g/mol. The highest BCUT2D eigenvalue weighted by molar-refractivity contribution is 5.92. The van der Waals surface area contributed by atoms with Crippen LogP contribution in [0.4, 0.5) is 5.69 Å². The Bertz CT molecular complexity index is 653. The molecule has 2 aromatic rings. The molecule has 1 amide bonds. The van der Waals surface area contributed by atoms with Crippen LogP contribution in [0.1, 0.15) is 18.4 Å². The molecule has 1 fully saturated rings. The number of benzene rings is 1. The number of rotatable bonds is 2. The Morgan fingerprint density at radius 1 is 1.40 bits per heavy atom. The van der Waals surface area contributed by atoms with Crippen molar-refractivity contribution < 1.29 is 4.79 Å². The van der Waals surface area contributed by atoms with Crippen molar-refractivity contribution in [2.45, 2.75) is 19.8 Å². The topological polar surface area (TPSA) is 59.2 Å². The molecular weight excluding hydrogens is 250 g/mol. The maximum atomic E-state index is 11.4. The van der Waals surface area contributed by atoms with Crippen molar-refractivity contribution in [3.05, 3.63) is 36.0 Å². The lowest BCUT2D eigenvalue weighted by Crippen LogP contribution is -2.41. The van der Waals surface area contributed by atoms with E-state index in [1.165, 1.54) is 5.56 Å². The minimum atomic E-state index is -0.191. The van der Waals surface area contributed by atoms with Crippen molar-refractivity contribution in [2.24, 2.45) is 11.7 Å². The normalized spacial score (nSPS) is 19.2. The third kappa shape index (κ3) is 2.33. The fraction of sp³-hybridized carbons (Fsp3) is 0.375. The summed E-state index contributed by atoms with van der Waals surface area (Å²) in [4.78, 5) is 18.1. The third-order valence-electron chi connectivity index (χ3n) is 4.04. The number of hydrogen-bond donors (Lipinski definition) is 1. The van der Waals surface area contributed by atoms with E-state index in [0.717, 1.165) is 36.0 Å². The Labute approximate surface area is 118 Å². The zero-order valence-electron chi connectivity index (χ0n) is 11.7. The van der Waals surface area contributed by atoms with Gasteiger partial charge in [-0.2, -0.15) is 0 Å². The Hall–Kier alpha value is -2.10. The van der Waals surface area contributed by atoms with Crippen LogP contribution >= 0.6 is 0 Å². The summed E-state index contributed by atoms with van der Waals surface area (Å²) in [6.07, 6.45) is 3.73. The number of carbonyl (C=O) groups excluding carboxylic acids is 1. The first kappa shape index (κ1) is 12.9. The molecule has 0 aliphatic carbocycles. The molecule has 4 nitrogen and oxygen atoms in total. The average Bonchev–Trinajstić information content (AvgIpc) is 2.46. The lowest BCUT2D eigenvalue weighted by Gasteiger charge is -2.33. The van der Waals surface area contributed by atoms with Gasteiger partial charge in [-0.3, -0.25) is 9.78 Å². The van der Waals surface area contributed by atoms with Gasteiger partial charge in [-0.25, -0.2) is 0 Å². The molecule has 0 saturated carbocycles. The number of nitrogens with zero attached hydrogens (tertiary/aromatic N) is 2. The van der Waals surface area contributed by atoms with E-state index < -0.39 is 0 Å². The summed E-state index contributed by atoms with van der Waals surface area (Å²) in [6.45, 7) is 3.76. The molecular formula is C16H19N3O. The Morgan fingerprint density at radius 3 is 3.05 bits per heavy atom. The molecule has 3 rings (SSSR count). The van der Waals surface area contributed by atoms with Crippen LogP contribution in [0.15, 0.2) is 30.5 Å². The number of carbonyl (C=O) groups is 1. The lowest BCUT2D eigenvalue weighted by atomic mass is 9.96. The second-order valence-electron chi connectivity index (χ2n) is 5.54. The number of primary amides is 1. The number of fused-ring (bicyclic) bond motifs is 1. The van der Waals surface area contributed by atoms with Gasteiger partial charge >= 0.3 is 0 Å². The summed E-state index contributed by atoms with van der Waals surface area (Å²) in [5, 5.41) is 1.15. The number of pyridine rings is 1. The van der Waals surface area contributed by atoms with E-state index >= 15 is 0 Å². The van der Waals surface area contributed by atoms with Gasteiger partial charge in [0.1, 0.15) is 0 Å². The molecule has 1 saturated heterocycles. The Morgan fingerprint density at radius 2 is 2.25 bits per heavy atom. The van der Waals surface area contributed by atoms with Gasteiger partial charge in [0.15, 0.2) is 0 Å². The van der Waals surface area contributed by atoms with Gasteiger partial charge in [-0.15, -0.1) is 0 Å². The molecule has 0 radical (unpaired) electrons. The van der Waals surface area contributed by atoms with E-state index in [-0.39, 0.29) is 11.8 Å². The highest BCUT2D eigenvalue weighted by Crippen LogP contribution is 2.29. The molecule has 2 heterocycles. The van der Waals surface area contributed by atoms with Gasteiger partial charge in [-0.1, -0.05) is 11.6 Å². The second-order valence-corrected chi connectivity index (χ2v) is 5.54. The number of piperidine rings is 1. The smallest absolute Gasteiger partial charge is 0.222 e. The Balaban J connectivity index is 2.01. The van der Waals surface area contributed by atoms with Crippen LogP contribution in [0.3, 0.4) is 0 Å². The van der Waals surface area contributed by atoms with Crippen LogP contribution in [0.5, 0.6) is 0 Å². The van der Waals surface area contributed by atoms with Crippen molar-refractivity contribution in [3.8, 4) is 0 Å². The van der Waals surface area contributed by atoms with Crippen molar-refractivity contribution in [2.75, 3.05) is 18.0 Å². The van der Waals surface area contributed by atoms with Gasteiger partial charge in [0.05, 0.1) is 11.4 Å². The number of aromatic nitrogens is 1. The summed E-state index contributed by atoms with van der Waals surface area (Å²) in [7, 11) is 0. The molecule has 4 heteroatoms. The fourth-order valence-electron chi connectivity index (χ4n) is 2.95. The SMILES string of the molecule is Cc1ccc2nccc(N3CCCC(C(N)=O)C3)c2c1. The zero-order chi connectivity index (χ0) is 14.1. The average molecular weight is 269 g/mol. The number of hydrogen-bond acceptors (Lipinski definition) is 3. The predicted octanol–water partition coefficient (Wildman–Crippen LogP) is 2.24. The fourth-order valence-corrected chi connectivity index (χ4v) is 2.95. The minimum Gasteiger partial charge on any atom is -0.370 e. The Kier molecular flexibility index (Phi) is 3.30. The van der Waals surface area contributed by atoms with E-state index in [1.54, 1.807) is 0 Å². The number of nitrogens with two attached hydrogens (primary N) is 1. The van der Waals surface area contributed by atoms with Gasteiger partial charge in [0, 0.05) is 30.4 Å². The molecule has 1 aromatic heterocycles. The van der Waals surface area contributed by atoms with Crippen LogP contribution in [0.2, 0.25) is 0 Å². The van der Waals surface area contributed by atoms with Crippen LogP contribution in [-0.2, 0) is 4.79 Å². The summed E-state index contributed by atoms with van der Waals surface area (Å²) < 4.78 is 0. The molecule has 1 aliphatic rings.